The van der Waals surface area contributed by atoms with E-state index >= 15 is 0 Å². The van der Waals surface area contributed by atoms with E-state index in [1.54, 1.807) is 29.7 Å². The summed E-state index contributed by atoms with van der Waals surface area (Å²) in [6.45, 7) is 0. The molecule has 0 bridgehead atoms. The number of thiocyanates is 1. The van der Waals surface area contributed by atoms with Crippen LogP contribution in [0.15, 0.2) is 34.7 Å². The third-order valence-electron chi connectivity index (χ3n) is 0.948. The van der Waals surface area contributed by atoms with Gasteiger partial charge in [-0.3, -0.25) is 0 Å². The van der Waals surface area contributed by atoms with Gasteiger partial charge in [-0.15, -0.1) is 0 Å². The topological polar surface area (TPSA) is 108 Å². The van der Waals surface area contributed by atoms with E-state index in [9.17, 15) is 0 Å². The molecule has 0 aliphatic heterocycles. The van der Waals surface area contributed by atoms with Gasteiger partial charge in [0.2, 0.25) is 0 Å². The molecular weight excluding hydrogens is 319 g/mol. The molecule has 5 N–H and O–H groups in total. The highest BCUT2D eigenvalue weighted by atomic mass is 35.6. The number of hydrogen-bond acceptors (Lipinski definition) is 4. The van der Waals surface area contributed by atoms with Gasteiger partial charge in [-0.2, -0.15) is 9.66 Å². The van der Waals surface area contributed by atoms with E-state index in [0.29, 0.717) is 17.7 Å². The van der Waals surface area contributed by atoms with Crippen LogP contribution in [-0.4, -0.2) is 15.4 Å². The minimum Gasteiger partial charge on any atom is -0.508 e. The Morgan fingerprint density at radius 2 is 1.72 bits per heavy atom. The number of nitrogens with zero attached hydrogens (tertiary/aromatic N) is 2. The fourth-order valence-corrected chi connectivity index (χ4v) is 0.647. The molecule has 5 nitrogen and oxygen atoms in total. The predicted octanol–water partition coefficient (Wildman–Crippen LogP) is 2.77. The van der Waals surface area contributed by atoms with E-state index < -0.39 is 4.30 Å². The molecule has 1 aromatic rings. The van der Waals surface area contributed by atoms with Crippen molar-refractivity contribution in [2.24, 2.45) is 15.9 Å². The van der Waals surface area contributed by atoms with Crippen LogP contribution >= 0.6 is 46.8 Å². The number of alkyl halides is 3. The van der Waals surface area contributed by atoms with Gasteiger partial charge >= 0.3 is 0 Å². The summed E-state index contributed by atoms with van der Waals surface area (Å²) in [7, 11) is 0. The maximum absolute atomic E-state index is 8.63. The Balaban J connectivity index is 0. The maximum atomic E-state index is 8.63. The Kier molecular flexibility index (Phi) is 15.1. The van der Waals surface area contributed by atoms with Gasteiger partial charge in [0.25, 0.3) is 0 Å². The number of aromatic hydroxyl groups is 1. The van der Waals surface area contributed by atoms with Crippen molar-refractivity contribution in [1.29, 1.82) is 5.26 Å². The van der Waals surface area contributed by atoms with Crippen molar-refractivity contribution >= 4 is 52.7 Å². The third-order valence-corrected chi connectivity index (χ3v) is 1.33. The molecule has 0 aromatic heterocycles. The Bertz CT molecular complexity index is 363. The first-order chi connectivity index (χ1) is 8.40. The highest BCUT2D eigenvalue weighted by Gasteiger charge is 1.79. The number of nitriles is 1. The van der Waals surface area contributed by atoms with Crippen LogP contribution in [0.1, 0.15) is 0 Å². The lowest BCUT2D eigenvalue weighted by Gasteiger charge is -1.82. The number of halogens is 3. The summed E-state index contributed by atoms with van der Waals surface area (Å²) in [5.41, 5.74) is 9.67. The Hall–Kier alpha value is -1.00. The molecular formula is C9H11Cl3N4OS. The number of phenols is 1. The Labute approximate surface area is 124 Å². The minimum absolute atomic E-state index is 0.0773. The Morgan fingerprint density at radius 1 is 1.28 bits per heavy atom. The van der Waals surface area contributed by atoms with Crippen LogP contribution in [0.25, 0.3) is 0 Å². The zero-order valence-corrected chi connectivity index (χ0v) is 12.1. The van der Waals surface area contributed by atoms with E-state index in [1.165, 1.54) is 0 Å². The van der Waals surface area contributed by atoms with Crippen LogP contribution in [0.3, 0.4) is 0 Å². The zero-order valence-electron chi connectivity index (χ0n) is 9.00. The molecule has 1 aromatic carbocycles. The van der Waals surface area contributed by atoms with E-state index in [-0.39, 0.29) is 5.96 Å². The number of hydrogen-bond donors (Lipinski definition) is 3. The van der Waals surface area contributed by atoms with E-state index in [1.807, 2.05) is 6.07 Å². The van der Waals surface area contributed by atoms with Crippen molar-refractivity contribution in [3.63, 3.8) is 0 Å². The Morgan fingerprint density at radius 3 is 1.89 bits per heavy atom. The van der Waals surface area contributed by atoms with E-state index in [4.69, 9.17) is 56.6 Å². The molecule has 0 radical (unpaired) electrons. The van der Waals surface area contributed by atoms with Gasteiger partial charge < -0.3 is 16.6 Å². The molecule has 18 heavy (non-hydrogen) atoms. The zero-order chi connectivity index (χ0) is 14.4. The summed E-state index contributed by atoms with van der Waals surface area (Å²) in [4.78, 5) is 0. The maximum Gasteiger partial charge on any atom is 0.198 e. The summed E-state index contributed by atoms with van der Waals surface area (Å²) >= 11 is 15.1. The molecule has 0 atom stereocenters. The second-order valence-electron chi connectivity index (χ2n) is 2.28. The van der Waals surface area contributed by atoms with Crippen molar-refractivity contribution in [2.75, 3.05) is 0 Å². The van der Waals surface area contributed by atoms with Crippen LogP contribution in [0, 0.1) is 10.7 Å². The molecule has 0 aliphatic carbocycles. The second-order valence-corrected chi connectivity index (χ2v) is 4.81. The van der Waals surface area contributed by atoms with Crippen molar-refractivity contribution in [1.82, 2.24) is 0 Å². The number of rotatable bonds is 1. The van der Waals surface area contributed by atoms with Crippen molar-refractivity contribution in [2.45, 2.75) is 4.30 Å². The molecule has 1 rings (SSSR count). The number of para-hydroxylation sites is 1. The molecule has 0 saturated carbocycles. The van der Waals surface area contributed by atoms with Gasteiger partial charge in [-0.25, -0.2) is 0 Å². The smallest absolute Gasteiger partial charge is 0.198 e. The van der Waals surface area contributed by atoms with Crippen LogP contribution in [0.4, 0.5) is 0 Å². The highest BCUT2D eigenvalue weighted by Crippen LogP contribution is 2.03. The fourth-order valence-electron chi connectivity index (χ4n) is 0.501. The molecule has 9 heteroatoms. The molecule has 0 amide bonds. The first-order valence-electron chi connectivity index (χ1n) is 4.20. The number of phenolic OH excluding ortho intramolecular Hbond substituents is 1. The van der Waals surface area contributed by atoms with E-state index in [2.05, 4.69) is 4.40 Å². The molecule has 0 fully saturated rings. The van der Waals surface area contributed by atoms with Gasteiger partial charge in [0.1, 0.15) is 5.75 Å². The number of nitrogens with two attached hydrogens (primary N) is 2. The summed E-state index contributed by atoms with van der Waals surface area (Å²) < 4.78 is 2.52. The lowest BCUT2D eigenvalue weighted by Crippen LogP contribution is -2.21. The highest BCUT2D eigenvalue weighted by molar-refractivity contribution is 8.02. The standard InChI is InChI=1S/C6H6O.C2H4N4S.CHCl3/c7-6-4-2-1-3-5-6;3-1-7-6-2(4)5;2-1(3)4/h1-5,7H;(H4,4,5,6);1H. The van der Waals surface area contributed by atoms with Gasteiger partial charge in [0.05, 0.1) is 11.9 Å². The molecule has 0 spiro atoms. The summed E-state index contributed by atoms with van der Waals surface area (Å²) in [5.74, 6) is 0.244. The van der Waals surface area contributed by atoms with Crippen molar-refractivity contribution in [3.8, 4) is 11.2 Å². The summed E-state index contributed by atoms with van der Waals surface area (Å²) in [6, 6.07) is 8.71. The number of benzene rings is 1. The lowest BCUT2D eigenvalue weighted by molar-refractivity contribution is 0.475. The van der Waals surface area contributed by atoms with Crippen LogP contribution in [0.2, 0.25) is 0 Å². The largest absolute Gasteiger partial charge is 0.508 e. The predicted molar refractivity (Wildman–Crippen MR) is 78.5 cm³/mol. The lowest BCUT2D eigenvalue weighted by atomic mass is 10.3. The quantitative estimate of drug-likeness (QED) is 0.241. The minimum atomic E-state index is -0.750. The van der Waals surface area contributed by atoms with Crippen LogP contribution < -0.4 is 11.5 Å². The molecule has 0 unspecified atom stereocenters. The van der Waals surface area contributed by atoms with Crippen molar-refractivity contribution < 1.29 is 5.11 Å². The number of guanidine groups is 1. The van der Waals surface area contributed by atoms with Crippen molar-refractivity contribution in [3.05, 3.63) is 30.3 Å². The average molecular weight is 330 g/mol. The second kappa shape index (κ2) is 14.1. The SMILES string of the molecule is ClC(Cl)Cl.N#CSN=C(N)N.Oc1ccccc1. The molecule has 100 valence electrons. The van der Waals surface area contributed by atoms with Gasteiger partial charge in [0, 0.05) is 0 Å². The van der Waals surface area contributed by atoms with Crippen LogP contribution in [0.5, 0.6) is 5.75 Å². The molecule has 0 heterocycles. The molecule has 0 saturated heterocycles. The van der Waals surface area contributed by atoms with Crippen LogP contribution in [-0.2, 0) is 0 Å². The molecule has 0 aliphatic rings. The van der Waals surface area contributed by atoms with E-state index in [0.717, 1.165) is 0 Å². The summed E-state index contributed by atoms with van der Waals surface area (Å²) in [6.07, 6.45) is 0. The monoisotopic (exact) mass is 328 g/mol. The fraction of sp³-hybridized carbons (Fsp3) is 0.111. The van der Waals surface area contributed by atoms with Gasteiger partial charge in [0.15, 0.2) is 15.7 Å². The first kappa shape index (κ1) is 19.3. The van der Waals surface area contributed by atoms with Gasteiger partial charge in [-0.1, -0.05) is 53.0 Å². The van der Waals surface area contributed by atoms with Gasteiger partial charge in [-0.05, 0) is 12.1 Å². The normalized spacial score (nSPS) is 7.94. The first-order valence-corrected chi connectivity index (χ1v) is 6.28. The third kappa shape index (κ3) is 24.3. The summed E-state index contributed by atoms with van der Waals surface area (Å²) in [5, 5.41) is 18.1. The average Bonchev–Trinajstić information content (AvgIpc) is 2.27.